The van der Waals surface area contributed by atoms with Crippen LogP contribution in [0.1, 0.15) is 25.7 Å². The highest BCUT2D eigenvalue weighted by atomic mass is 16.2. The van der Waals surface area contributed by atoms with E-state index < -0.39 is 0 Å². The van der Waals surface area contributed by atoms with Crippen LogP contribution in [0.4, 0.5) is 11.4 Å². The lowest BCUT2D eigenvalue weighted by molar-refractivity contribution is -0.117. The first-order chi connectivity index (χ1) is 8.27. The van der Waals surface area contributed by atoms with Crippen molar-refractivity contribution in [3.63, 3.8) is 0 Å². The molecule has 3 heteroatoms. The number of para-hydroxylation sites is 2. The molecule has 1 aromatic rings. The number of hydrogen-bond donors (Lipinski definition) is 2. The largest absolute Gasteiger partial charge is 0.397 e. The van der Waals surface area contributed by atoms with Crippen molar-refractivity contribution in [2.45, 2.75) is 25.7 Å². The zero-order chi connectivity index (χ0) is 11.8. The third kappa shape index (κ3) is 1.90. The van der Waals surface area contributed by atoms with Crippen molar-refractivity contribution < 1.29 is 4.79 Å². The molecule has 0 bridgehead atoms. The molecule has 0 radical (unpaired) electrons. The van der Waals surface area contributed by atoms with Crippen molar-refractivity contribution in [3.05, 3.63) is 24.3 Å². The highest BCUT2D eigenvalue weighted by Gasteiger charge is 2.54. The molecular weight excluding hydrogens is 212 g/mol. The van der Waals surface area contributed by atoms with Crippen LogP contribution in [0.3, 0.4) is 0 Å². The van der Waals surface area contributed by atoms with Crippen LogP contribution in [0.25, 0.3) is 0 Å². The predicted octanol–water partition coefficient (Wildman–Crippen LogP) is 2.64. The van der Waals surface area contributed by atoms with Gasteiger partial charge in [-0.2, -0.15) is 0 Å². The summed E-state index contributed by atoms with van der Waals surface area (Å²) in [6.07, 6.45) is 5.04. The number of carbonyl (C=O) groups excluding carboxylic acids is 1. The third-order valence-electron chi connectivity index (χ3n) is 4.18. The van der Waals surface area contributed by atoms with Gasteiger partial charge in [0.05, 0.1) is 11.4 Å². The summed E-state index contributed by atoms with van der Waals surface area (Å²) in [7, 11) is 0. The molecule has 2 aliphatic rings. The molecule has 90 valence electrons. The summed E-state index contributed by atoms with van der Waals surface area (Å²) in [4.78, 5) is 12.1. The zero-order valence-corrected chi connectivity index (χ0v) is 9.86. The Morgan fingerprint density at radius 3 is 2.47 bits per heavy atom. The quantitative estimate of drug-likeness (QED) is 0.767. The summed E-state index contributed by atoms with van der Waals surface area (Å²) >= 11 is 0. The van der Waals surface area contributed by atoms with Gasteiger partial charge in [0.2, 0.25) is 5.91 Å². The Morgan fingerprint density at radius 2 is 1.82 bits per heavy atom. The first-order valence-corrected chi connectivity index (χ1v) is 6.43. The standard InChI is InChI=1S/C14H18N2O/c15-11-7-3-4-8-12(11)16-14(17)13-9-5-1-2-6-10(9)13/h3-4,7-10,13H,1-2,5-6,15H2,(H,16,17). The van der Waals surface area contributed by atoms with Gasteiger partial charge >= 0.3 is 0 Å². The number of nitrogens with one attached hydrogen (secondary N) is 1. The molecule has 3 rings (SSSR count). The number of rotatable bonds is 2. The second-order valence-corrected chi connectivity index (χ2v) is 5.21. The number of anilines is 2. The minimum absolute atomic E-state index is 0.166. The van der Waals surface area contributed by atoms with Crippen LogP contribution in [0, 0.1) is 17.8 Å². The minimum Gasteiger partial charge on any atom is -0.397 e. The fourth-order valence-corrected chi connectivity index (χ4v) is 3.21. The van der Waals surface area contributed by atoms with Gasteiger partial charge in [0.1, 0.15) is 0 Å². The van der Waals surface area contributed by atoms with E-state index >= 15 is 0 Å². The number of carbonyl (C=O) groups is 1. The van der Waals surface area contributed by atoms with Crippen LogP contribution in [0.5, 0.6) is 0 Å². The van der Waals surface area contributed by atoms with E-state index in [1.165, 1.54) is 25.7 Å². The monoisotopic (exact) mass is 230 g/mol. The van der Waals surface area contributed by atoms with Gasteiger partial charge in [0.25, 0.3) is 0 Å². The number of benzene rings is 1. The second-order valence-electron chi connectivity index (χ2n) is 5.21. The minimum atomic E-state index is 0.166. The Kier molecular flexibility index (Phi) is 2.54. The molecule has 2 aliphatic carbocycles. The number of nitrogens with two attached hydrogens (primary N) is 1. The van der Waals surface area contributed by atoms with E-state index in [-0.39, 0.29) is 11.8 Å². The second kappa shape index (κ2) is 4.06. The molecule has 17 heavy (non-hydrogen) atoms. The molecular formula is C14H18N2O. The highest BCUT2D eigenvalue weighted by molar-refractivity contribution is 5.97. The van der Waals surface area contributed by atoms with Crippen molar-refractivity contribution in [1.29, 1.82) is 0 Å². The topological polar surface area (TPSA) is 55.1 Å². The van der Waals surface area contributed by atoms with Crippen LogP contribution in [-0.4, -0.2) is 5.91 Å². The number of nitrogen functional groups attached to an aromatic ring is 1. The summed E-state index contributed by atoms with van der Waals surface area (Å²) in [6, 6.07) is 7.45. The molecule has 1 aromatic carbocycles. The van der Waals surface area contributed by atoms with Crippen LogP contribution in [-0.2, 0) is 4.79 Å². The number of fused-ring (bicyclic) bond motifs is 1. The molecule has 0 aromatic heterocycles. The van der Waals surface area contributed by atoms with Crippen LogP contribution < -0.4 is 11.1 Å². The molecule has 3 N–H and O–H groups in total. The molecule has 1 amide bonds. The van der Waals surface area contributed by atoms with Crippen LogP contribution in [0.15, 0.2) is 24.3 Å². The van der Waals surface area contributed by atoms with Crippen LogP contribution in [0.2, 0.25) is 0 Å². The Morgan fingerprint density at radius 1 is 1.18 bits per heavy atom. The predicted molar refractivity (Wildman–Crippen MR) is 68.4 cm³/mol. The first-order valence-electron chi connectivity index (χ1n) is 6.43. The normalized spacial score (nSPS) is 30.5. The lowest BCUT2D eigenvalue weighted by Gasteiger charge is -2.07. The summed E-state index contributed by atoms with van der Waals surface area (Å²) < 4.78 is 0. The Bertz CT molecular complexity index is 432. The van der Waals surface area contributed by atoms with Gasteiger partial charge in [-0.15, -0.1) is 0 Å². The summed E-state index contributed by atoms with van der Waals surface area (Å²) in [5.74, 6) is 1.71. The number of hydrogen-bond acceptors (Lipinski definition) is 2. The fraction of sp³-hybridized carbons (Fsp3) is 0.500. The van der Waals surface area contributed by atoms with Crippen molar-refractivity contribution in [3.8, 4) is 0 Å². The first kappa shape index (κ1) is 10.6. The Labute approximate surface area is 101 Å². The Balaban J connectivity index is 1.67. The van der Waals surface area contributed by atoms with Gasteiger partial charge in [-0.25, -0.2) is 0 Å². The zero-order valence-electron chi connectivity index (χ0n) is 9.86. The third-order valence-corrected chi connectivity index (χ3v) is 4.18. The molecule has 2 fully saturated rings. The molecule has 0 spiro atoms. The lowest BCUT2D eigenvalue weighted by Crippen LogP contribution is -2.16. The molecule has 2 unspecified atom stereocenters. The SMILES string of the molecule is Nc1ccccc1NC(=O)C1C2CCCCC21. The Hall–Kier alpha value is -1.51. The fourth-order valence-electron chi connectivity index (χ4n) is 3.21. The highest BCUT2D eigenvalue weighted by Crippen LogP contribution is 2.55. The van der Waals surface area contributed by atoms with E-state index in [9.17, 15) is 4.79 Å². The smallest absolute Gasteiger partial charge is 0.228 e. The maximum Gasteiger partial charge on any atom is 0.228 e. The van der Waals surface area contributed by atoms with E-state index in [1.807, 2.05) is 24.3 Å². The van der Waals surface area contributed by atoms with Crippen molar-refractivity contribution >= 4 is 17.3 Å². The van der Waals surface area contributed by atoms with E-state index in [2.05, 4.69) is 5.32 Å². The average Bonchev–Trinajstić information content (AvgIpc) is 3.06. The van der Waals surface area contributed by atoms with Gasteiger partial charge in [-0.3, -0.25) is 4.79 Å². The van der Waals surface area contributed by atoms with Gasteiger partial charge in [-0.05, 0) is 36.8 Å². The van der Waals surface area contributed by atoms with Crippen molar-refractivity contribution in [1.82, 2.24) is 0 Å². The molecule has 2 saturated carbocycles. The molecule has 0 saturated heterocycles. The van der Waals surface area contributed by atoms with E-state index in [0.717, 1.165) is 5.69 Å². The number of amides is 1. The van der Waals surface area contributed by atoms with Crippen molar-refractivity contribution in [2.75, 3.05) is 11.1 Å². The maximum absolute atomic E-state index is 12.1. The van der Waals surface area contributed by atoms with E-state index in [4.69, 9.17) is 5.73 Å². The van der Waals surface area contributed by atoms with Gasteiger partial charge < -0.3 is 11.1 Å². The van der Waals surface area contributed by atoms with E-state index in [0.29, 0.717) is 17.5 Å². The van der Waals surface area contributed by atoms with Gasteiger partial charge in [0, 0.05) is 5.92 Å². The maximum atomic E-state index is 12.1. The van der Waals surface area contributed by atoms with E-state index in [1.54, 1.807) is 0 Å². The van der Waals surface area contributed by atoms with Gasteiger partial charge in [-0.1, -0.05) is 25.0 Å². The molecule has 2 atom stereocenters. The molecule has 0 heterocycles. The summed E-state index contributed by atoms with van der Waals surface area (Å²) in [5.41, 5.74) is 7.22. The summed E-state index contributed by atoms with van der Waals surface area (Å²) in [6.45, 7) is 0. The van der Waals surface area contributed by atoms with Gasteiger partial charge in [0.15, 0.2) is 0 Å². The summed E-state index contributed by atoms with van der Waals surface area (Å²) in [5, 5.41) is 2.96. The lowest BCUT2D eigenvalue weighted by atomic mass is 10.0. The molecule has 3 nitrogen and oxygen atoms in total. The van der Waals surface area contributed by atoms with Crippen LogP contribution >= 0.6 is 0 Å². The average molecular weight is 230 g/mol. The molecule has 0 aliphatic heterocycles. The van der Waals surface area contributed by atoms with Crippen molar-refractivity contribution in [2.24, 2.45) is 17.8 Å².